The topological polar surface area (TPSA) is 89.9 Å². The molecule has 3 rings (SSSR count). The summed E-state index contributed by atoms with van der Waals surface area (Å²) in [6.07, 6.45) is 1.64. The molecule has 0 aliphatic carbocycles. The highest BCUT2D eigenvalue weighted by atomic mass is 16.5. The standard InChI is InChI=1S/C14H15N5O2/c1-10(20)12-8-19(18-16-12)9-14-15-13(17-21-14)7-11-5-3-2-4-6-11/h2-6,8,10,20H,7,9H2,1H3. The summed E-state index contributed by atoms with van der Waals surface area (Å²) in [6.45, 7) is 1.97. The maximum Gasteiger partial charge on any atom is 0.248 e. The Morgan fingerprint density at radius 3 is 2.81 bits per heavy atom. The molecule has 1 aromatic carbocycles. The van der Waals surface area contributed by atoms with E-state index in [0.717, 1.165) is 5.56 Å². The average Bonchev–Trinajstić information content (AvgIpc) is 3.10. The molecule has 7 heteroatoms. The van der Waals surface area contributed by atoms with Gasteiger partial charge in [-0.1, -0.05) is 40.7 Å². The molecule has 0 spiro atoms. The van der Waals surface area contributed by atoms with Crippen molar-refractivity contribution < 1.29 is 9.63 Å². The predicted molar refractivity (Wildman–Crippen MR) is 73.3 cm³/mol. The third-order valence-corrected chi connectivity index (χ3v) is 3.00. The van der Waals surface area contributed by atoms with E-state index in [1.165, 1.54) is 0 Å². The van der Waals surface area contributed by atoms with Crippen molar-refractivity contribution >= 4 is 0 Å². The molecule has 108 valence electrons. The monoisotopic (exact) mass is 285 g/mol. The molecule has 1 atom stereocenters. The number of aliphatic hydroxyl groups excluding tert-OH is 1. The van der Waals surface area contributed by atoms with E-state index in [0.29, 0.717) is 30.4 Å². The second kappa shape index (κ2) is 5.84. The first-order valence-corrected chi connectivity index (χ1v) is 6.64. The van der Waals surface area contributed by atoms with Crippen LogP contribution in [0.3, 0.4) is 0 Å². The summed E-state index contributed by atoms with van der Waals surface area (Å²) in [5, 5.41) is 21.1. The smallest absolute Gasteiger partial charge is 0.248 e. The van der Waals surface area contributed by atoms with Crippen LogP contribution in [0.4, 0.5) is 0 Å². The van der Waals surface area contributed by atoms with Gasteiger partial charge in [-0.2, -0.15) is 4.98 Å². The lowest BCUT2D eigenvalue weighted by Gasteiger charge is -1.95. The highest BCUT2D eigenvalue weighted by Crippen LogP contribution is 2.09. The molecule has 0 aliphatic rings. The van der Waals surface area contributed by atoms with Gasteiger partial charge in [-0.15, -0.1) is 5.10 Å². The van der Waals surface area contributed by atoms with E-state index < -0.39 is 6.10 Å². The van der Waals surface area contributed by atoms with Crippen molar-refractivity contribution in [3.05, 3.63) is 59.5 Å². The lowest BCUT2D eigenvalue weighted by Crippen LogP contribution is -2.01. The lowest BCUT2D eigenvalue weighted by molar-refractivity contribution is 0.194. The Hall–Kier alpha value is -2.54. The van der Waals surface area contributed by atoms with Gasteiger partial charge in [-0.25, -0.2) is 4.68 Å². The van der Waals surface area contributed by atoms with Crippen molar-refractivity contribution in [1.82, 2.24) is 25.1 Å². The van der Waals surface area contributed by atoms with Crippen LogP contribution in [0.15, 0.2) is 41.1 Å². The average molecular weight is 285 g/mol. The van der Waals surface area contributed by atoms with Gasteiger partial charge in [0.1, 0.15) is 12.2 Å². The van der Waals surface area contributed by atoms with E-state index in [2.05, 4.69) is 20.5 Å². The van der Waals surface area contributed by atoms with E-state index in [4.69, 9.17) is 4.52 Å². The molecule has 0 amide bonds. The molecule has 0 bridgehead atoms. The fraction of sp³-hybridized carbons (Fsp3) is 0.286. The van der Waals surface area contributed by atoms with Crippen LogP contribution in [-0.2, 0) is 13.0 Å². The van der Waals surface area contributed by atoms with Crippen molar-refractivity contribution in [3.63, 3.8) is 0 Å². The highest BCUT2D eigenvalue weighted by molar-refractivity contribution is 5.18. The van der Waals surface area contributed by atoms with Crippen LogP contribution < -0.4 is 0 Å². The van der Waals surface area contributed by atoms with Gasteiger partial charge in [-0.3, -0.25) is 0 Å². The maximum atomic E-state index is 9.40. The van der Waals surface area contributed by atoms with Crippen molar-refractivity contribution in [2.24, 2.45) is 0 Å². The van der Waals surface area contributed by atoms with Crippen LogP contribution in [0.5, 0.6) is 0 Å². The number of hydrogen-bond donors (Lipinski definition) is 1. The Labute approximate surface area is 121 Å². The van der Waals surface area contributed by atoms with Gasteiger partial charge >= 0.3 is 0 Å². The SMILES string of the molecule is CC(O)c1cn(Cc2nc(Cc3ccccc3)no2)nn1. The molecule has 0 radical (unpaired) electrons. The molecule has 1 unspecified atom stereocenters. The van der Waals surface area contributed by atoms with E-state index in [9.17, 15) is 5.11 Å². The normalized spacial score (nSPS) is 12.5. The predicted octanol–water partition coefficient (Wildman–Crippen LogP) is 1.35. The second-order valence-electron chi connectivity index (χ2n) is 4.78. The Kier molecular flexibility index (Phi) is 3.74. The summed E-state index contributed by atoms with van der Waals surface area (Å²) in [7, 11) is 0. The minimum atomic E-state index is -0.643. The van der Waals surface area contributed by atoms with Crippen LogP contribution >= 0.6 is 0 Å². The fourth-order valence-electron chi connectivity index (χ4n) is 1.93. The van der Waals surface area contributed by atoms with Gasteiger partial charge < -0.3 is 9.63 Å². The molecule has 2 aromatic heterocycles. The Morgan fingerprint density at radius 1 is 1.29 bits per heavy atom. The summed E-state index contributed by atoms with van der Waals surface area (Å²) in [5.74, 6) is 1.09. The molecule has 21 heavy (non-hydrogen) atoms. The third-order valence-electron chi connectivity index (χ3n) is 3.00. The van der Waals surface area contributed by atoms with E-state index in [1.54, 1.807) is 17.8 Å². The summed E-state index contributed by atoms with van der Waals surface area (Å²) in [4.78, 5) is 4.33. The van der Waals surface area contributed by atoms with Gasteiger partial charge in [0.15, 0.2) is 5.82 Å². The third kappa shape index (κ3) is 3.32. The number of aliphatic hydroxyl groups is 1. The molecule has 0 fully saturated rings. The molecule has 0 saturated carbocycles. The second-order valence-corrected chi connectivity index (χ2v) is 4.78. The Balaban J connectivity index is 1.67. The van der Waals surface area contributed by atoms with Gasteiger partial charge in [0, 0.05) is 6.42 Å². The number of hydrogen-bond acceptors (Lipinski definition) is 6. The minimum absolute atomic E-state index is 0.335. The molecular weight excluding hydrogens is 270 g/mol. The fourth-order valence-corrected chi connectivity index (χ4v) is 1.93. The summed E-state index contributed by atoms with van der Waals surface area (Å²) in [6, 6.07) is 9.95. The van der Waals surface area contributed by atoms with Crippen molar-refractivity contribution in [1.29, 1.82) is 0 Å². The number of aromatic nitrogens is 5. The molecular formula is C14H15N5O2. The molecule has 1 N–H and O–H groups in total. The number of nitrogens with zero attached hydrogens (tertiary/aromatic N) is 5. The van der Waals surface area contributed by atoms with Gasteiger partial charge in [0.2, 0.25) is 5.89 Å². The number of rotatable bonds is 5. The lowest BCUT2D eigenvalue weighted by atomic mass is 10.1. The zero-order valence-electron chi connectivity index (χ0n) is 11.5. The summed E-state index contributed by atoms with van der Waals surface area (Å²) < 4.78 is 6.76. The molecule has 2 heterocycles. The van der Waals surface area contributed by atoms with Gasteiger partial charge in [0.25, 0.3) is 0 Å². The van der Waals surface area contributed by atoms with Gasteiger partial charge in [-0.05, 0) is 12.5 Å². The zero-order chi connectivity index (χ0) is 14.7. The van der Waals surface area contributed by atoms with Crippen LogP contribution in [0.25, 0.3) is 0 Å². The van der Waals surface area contributed by atoms with Gasteiger partial charge in [0.05, 0.1) is 12.3 Å². The Bertz CT molecular complexity index is 705. The van der Waals surface area contributed by atoms with E-state index >= 15 is 0 Å². The zero-order valence-corrected chi connectivity index (χ0v) is 11.5. The van der Waals surface area contributed by atoms with Crippen LogP contribution in [0.1, 0.15) is 36.0 Å². The highest BCUT2D eigenvalue weighted by Gasteiger charge is 2.11. The van der Waals surface area contributed by atoms with Crippen molar-refractivity contribution in [2.45, 2.75) is 26.0 Å². The minimum Gasteiger partial charge on any atom is -0.387 e. The summed E-state index contributed by atoms with van der Waals surface area (Å²) in [5.41, 5.74) is 1.64. The maximum absolute atomic E-state index is 9.40. The first kappa shape index (κ1) is 13.4. The molecule has 0 aliphatic heterocycles. The molecule has 3 aromatic rings. The quantitative estimate of drug-likeness (QED) is 0.761. The molecule has 0 saturated heterocycles. The van der Waals surface area contributed by atoms with Crippen LogP contribution in [0.2, 0.25) is 0 Å². The number of benzene rings is 1. The van der Waals surface area contributed by atoms with E-state index in [-0.39, 0.29) is 0 Å². The first-order chi connectivity index (χ1) is 10.2. The van der Waals surface area contributed by atoms with Crippen LogP contribution in [-0.4, -0.2) is 30.2 Å². The first-order valence-electron chi connectivity index (χ1n) is 6.64. The largest absolute Gasteiger partial charge is 0.387 e. The van der Waals surface area contributed by atoms with Crippen molar-refractivity contribution in [2.75, 3.05) is 0 Å². The van der Waals surface area contributed by atoms with Crippen molar-refractivity contribution in [3.8, 4) is 0 Å². The summed E-state index contributed by atoms with van der Waals surface area (Å²) >= 11 is 0. The van der Waals surface area contributed by atoms with Crippen LogP contribution in [0, 0.1) is 0 Å². The van der Waals surface area contributed by atoms with E-state index in [1.807, 2.05) is 30.3 Å². The Morgan fingerprint density at radius 2 is 2.10 bits per heavy atom. The molecule has 7 nitrogen and oxygen atoms in total.